The molecule has 2 N–H and O–H groups in total. The number of aryl methyl sites for hydroxylation is 1. The highest BCUT2D eigenvalue weighted by Crippen LogP contribution is 2.21. The number of nitrogens with two attached hydrogens (primary N) is 1. The highest BCUT2D eigenvalue weighted by Gasteiger charge is 2.14. The van der Waals surface area contributed by atoms with Gasteiger partial charge in [-0.3, -0.25) is 4.79 Å². The van der Waals surface area contributed by atoms with Crippen molar-refractivity contribution in [3.63, 3.8) is 0 Å². The van der Waals surface area contributed by atoms with Crippen LogP contribution in [0.4, 0.5) is 0 Å². The molecule has 1 aromatic heterocycles. The first-order chi connectivity index (χ1) is 9.51. The molecule has 0 atom stereocenters. The summed E-state index contributed by atoms with van der Waals surface area (Å²) in [6.07, 6.45) is -0.397. The molecule has 20 heavy (non-hydrogen) atoms. The zero-order valence-electron chi connectivity index (χ0n) is 11.2. The van der Waals surface area contributed by atoms with Crippen molar-refractivity contribution in [1.82, 2.24) is 4.98 Å². The molecule has 0 bridgehead atoms. The van der Waals surface area contributed by atoms with Crippen LogP contribution in [0, 0.1) is 13.8 Å². The van der Waals surface area contributed by atoms with Gasteiger partial charge in [-0.25, -0.2) is 4.79 Å². The fourth-order valence-electron chi connectivity index (χ4n) is 1.63. The Morgan fingerprint density at radius 3 is 2.55 bits per heavy atom. The zero-order valence-corrected chi connectivity index (χ0v) is 11.2. The molecule has 0 saturated heterocycles. The van der Waals surface area contributed by atoms with Gasteiger partial charge in [-0.2, -0.15) is 4.98 Å². The molecule has 0 aliphatic rings. The lowest BCUT2D eigenvalue weighted by atomic mass is 10.1. The van der Waals surface area contributed by atoms with Crippen LogP contribution >= 0.6 is 0 Å². The van der Waals surface area contributed by atoms with E-state index in [-0.39, 0.29) is 6.54 Å². The molecule has 0 aliphatic carbocycles. The minimum absolute atomic E-state index is 0.320. The second-order valence-corrected chi connectivity index (χ2v) is 4.29. The van der Waals surface area contributed by atoms with Crippen LogP contribution < -0.4 is 16.1 Å². The molecule has 1 aromatic carbocycles. The van der Waals surface area contributed by atoms with Gasteiger partial charge in [0, 0.05) is 5.56 Å². The molecule has 6 nitrogen and oxygen atoms in total. The van der Waals surface area contributed by atoms with Crippen LogP contribution in [0.1, 0.15) is 11.1 Å². The maximum Gasteiger partial charge on any atom is 0.405 e. The number of nitrogens with zero attached hydrogens (tertiary/aromatic N) is 1. The number of benzene rings is 1. The van der Waals surface area contributed by atoms with E-state index in [2.05, 4.69) is 4.98 Å². The minimum Gasteiger partial charge on any atom is -0.376 e. The van der Waals surface area contributed by atoms with Crippen LogP contribution in [0.15, 0.2) is 33.5 Å². The highest BCUT2D eigenvalue weighted by atomic mass is 16.6. The average Bonchev–Trinajstić information content (AvgIpc) is 2.43. The summed E-state index contributed by atoms with van der Waals surface area (Å²) < 4.78 is 9.54. The SMILES string of the molecule is Cc1ccc(-c2nc(OC(=O)CN)oc(=O)c2C)cc1. The van der Waals surface area contributed by atoms with Crippen LogP contribution in [0.2, 0.25) is 0 Å². The van der Waals surface area contributed by atoms with Crippen molar-refractivity contribution in [1.29, 1.82) is 0 Å². The number of carbonyl (C=O) groups excluding carboxylic acids is 1. The first-order valence-electron chi connectivity index (χ1n) is 6.01. The number of aromatic nitrogens is 1. The lowest BCUT2D eigenvalue weighted by molar-refractivity contribution is -0.134. The first kappa shape index (κ1) is 14.0. The van der Waals surface area contributed by atoms with Gasteiger partial charge in [0.15, 0.2) is 0 Å². The number of ether oxygens (including phenoxy) is 1. The molecule has 0 radical (unpaired) electrons. The molecule has 2 aromatic rings. The number of carbonyl (C=O) groups is 1. The number of hydrogen-bond acceptors (Lipinski definition) is 6. The Kier molecular flexibility index (Phi) is 3.95. The van der Waals surface area contributed by atoms with Gasteiger partial charge in [-0.05, 0) is 13.8 Å². The van der Waals surface area contributed by atoms with Crippen molar-refractivity contribution >= 4 is 5.97 Å². The summed E-state index contributed by atoms with van der Waals surface area (Å²) in [7, 11) is 0. The Morgan fingerprint density at radius 1 is 1.30 bits per heavy atom. The number of esters is 1. The van der Waals surface area contributed by atoms with E-state index >= 15 is 0 Å². The third kappa shape index (κ3) is 2.92. The lowest BCUT2D eigenvalue weighted by Gasteiger charge is -2.06. The Morgan fingerprint density at radius 2 is 1.95 bits per heavy atom. The van der Waals surface area contributed by atoms with E-state index in [4.69, 9.17) is 14.9 Å². The molecule has 104 valence electrons. The van der Waals surface area contributed by atoms with Crippen molar-refractivity contribution in [3.8, 4) is 17.3 Å². The highest BCUT2D eigenvalue weighted by molar-refractivity contribution is 5.73. The van der Waals surface area contributed by atoms with Crippen LogP contribution in [0.5, 0.6) is 6.08 Å². The van der Waals surface area contributed by atoms with Gasteiger partial charge in [0.05, 0.1) is 17.8 Å². The van der Waals surface area contributed by atoms with Gasteiger partial charge in [-0.1, -0.05) is 29.8 Å². The predicted octanol–water partition coefficient (Wildman–Crippen LogP) is 1.18. The maximum atomic E-state index is 11.7. The summed E-state index contributed by atoms with van der Waals surface area (Å²) in [6.45, 7) is 3.24. The molecule has 0 unspecified atom stereocenters. The Balaban J connectivity index is 2.49. The van der Waals surface area contributed by atoms with Crippen molar-refractivity contribution < 1.29 is 13.9 Å². The quantitative estimate of drug-likeness (QED) is 0.844. The molecule has 2 rings (SSSR count). The normalized spacial score (nSPS) is 10.3. The zero-order chi connectivity index (χ0) is 14.7. The molecule has 0 saturated carbocycles. The van der Waals surface area contributed by atoms with Gasteiger partial charge in [0.1, 0.15) is 0 Å². The molecule has 0 fully saturated rings. The van der Waals surface area contributed by atoms with Crippen LogP contribution in [-0.4, -0.2) is 17.5 Å². The molecule has 0 spiro atoms. The Hall–Kier alpha value is -2.47. The summed E-state index contributed by atoms with van der Waals surface area (Å²) in [5, 5.41) is 0. The Bertz CT molecular complexity index is 689. The van der Waals surface area contributed by atoms with Gasteiger partial charge < -0.3 is 14.9 Å². The van der Waals surface area contributed by atoms with E-state index in [9.17, 15) is 9.59 Å². The van der Waals surface area contributed by atoms with Crippen LogP contribution in [-0.2, 0) is 4.79 Å². The first-order valence-corrected chi connectivity index (χ1v) is 6.01. The monoisotopic (exact) mass is 274 g/mol. The van der Waals surface area contributed by atoms with Crippen molar-refractivity contribution in [3.05, 3.63) is 45.8 Å². The van der Waals surface area contributed by atoms with Crippen molar-refractivity contribution in [2.75, 3.05) is 6.54 Å². The van der Waals surface area contributed by atoms with Crippen molar-refractivity contribution in [2.24, 2.45) is 5.73 Å². The third-order valence-electron chi connectivity index (χ3n) is 2.74. The second-order valence-electron chi connectivity index (χ2n) is 4.29. The van der Waals surface area contributed by atoms with E-state index in [1.54, 1.807) is 6.92 Å². The third-order valence-corrected chi connectivity index (χ3v) is 2.74. The summed E-state index contributed by atoms with van der Waals surface area (Å²) in [5.74, 6) is -0.723. The molecule has 1 heterocycles. The lowest BCUT2D eigenvalue weighted by Crippen LogP contribution is -2.21. The fourth-order valence-corrected chi connectivity index (χ4v) is 1.63. The predicted molar refractivity (Wildman–Crippen MR) is 72.4 cm³/mol. The second kappa shape index (κ2) is 5.66. The summed E-state index contributed by atoms with van der Waals surface area (Å²) >= 11 is 0. The van der Waals surface area contributed by atoms with Crippen LogP contribution in [0.3, 0.4) is 0 Å². The molecular formula is C14H14N2O4. The standard InChI is InChI=1S/C14H14N2O4/c1-8-3-5-10(6-4-8)12-9(2)13(18)20-14(16-12)19-11(17)7-15/h3-6H,7,15H2,1-2H3. The average molecular weight is 274 g/mol. The van der Waals surface area contributed by atoms with Crippen molar-refractivity contribution in [2.45, 2.75) is 13.8 Å². The summed E-state index contributed by atoms with van der Waals surface area (Å²) in [6, 6.07) is 7.46. The van der Waals surface area contributed by atoms with E-state index in [1.807, 2.05) is 31.2 Å². The maximum absolute atomic E-state index is 11.7. The summed E-state index contributed by atoms with van der Waals surface area (Å²) in [5.41, 5.74) is 7.13. The van der Waals surface area contributed by atoms with Gasteiger partial charge in [-0.15, -0.1) is 0 Å². The van der Waals surface area contributed by atoms with Gasteiger partial charge >= 0.3 is 17.7 Å². The smallest absolute Gasteiger partial charge is 0.376 e. The Labute approximate surface area is 115 Å². The van der Waals surface area contributed by atoms with E-state index < -0.39 is 17.7 Å². The molecule has 6 heteroatoms. The molecule has 0 amide bonds. The van der Waals surface area contributed by atoms with E-state index in [0.29, 0.717) is 11.3 Å². The van der Waals surface area contributed by atoms with Gasteiger partial charge in [0.2, 0.25) is 0 Å². The largest absolute Gasteiger partial charge is 0.405 e. The number of hydrogen-bond donors (Lipinski definition) is 1. The molecular weight excluding hydrogens is 260 g/mol. The molecule has 0 aliphatic heterocycles. The summed E-state index contributed by atoms with van der Waals surface area (Å²) in [4.78, 5) is 26.9. The van der Waals surface area contributed by atoms with E-state index in [0.717, 1.165) is 11.1 Å². The minimum atomic E-state index is -0.723. The van der Waals surface area contributed by atoms with Crippen LogP contribution in [0.25, 0.3) is 11.3 Å². The fraction of sp³-hybridized carbons (Fsp3) is 0.214. The topological polar surface area (TPSA) is 95.4 Å². The number of rotatable bonds is 3. The van der Waals surface area contributed by atoms with E-state index in [1.165, 1.54) is 0 Å². The van der Waals surface area contributed by atoms with Gasteiger partial charge in [0.25, 0.3) is 0 Å².